The van der Waals surface area contributed by atoms with Crippen LogP contribution in [0.25, 0.3) is 0 Å². The van der Waals surface area contributed by atoms with E-state index in [0.29, 0.717) is 10.8 Å². The van der Waals surface area contributed by atoms with Crippen molar-refractivity contribution in [1.82, 2.24) is 55.1 Å². The van der Waals surface area contributed by atoms with Gasteiger partial charge in [-0.3, -0.25) is 29.9 Å². The molecule has 17 nitrogen and oxygen atoms in total. The summed E-state index contributed by atoms with van der Waals surface area (Å²) in [4.78, 5) is 52.4. The normalized spacial score (nSPS) is 13.7. The summed E-state index contributed by atoms with van der Waals surface area (Å²) >= 11 is 0. The Balaban J connectivity index is 0.000000627. The van der Waals surface area contributed by atoms with E-state index in [2.05, 4.69) is 389 Å². The van der Waals surface area contributed by atoms with Crippen molar-refractivity contribution in [2.24, 2.45) is 51.8 Å². The molecule has 4 aliphatic rings. The summed E-state index contributed by atoms with van der Waals surface area (Å²) in [5, 5.41) is 15.6. The highest BCUT2D eigenvalue weighted by Gasteiger charge is 2.24. The maximum atomic E-state index is 4.25. The van der Waals surface area contributed by atoms with Crippen LogP contribution in [0.5, 0.6) is 0 Å². The predicted molar refractivity (Wildman–Crippen MR) is 495 cm³/mol. The molecule has 0 saturated carbocycles. The molecule has 0 spiro atoms. The van der Waals surface area contributed by atoms with E-state index >= 15 is 0 Å². The van der Waals surface area contributed by atoms with Gasteiger partial charge in [-0.15, -0.1) is 0 Å². The van der Waals surface area contributed by atoms with Gasteiger partial charge in [0.2, 0.25) is 0 Å². The molecule has 0 amide bonds. The summed E-state index contributed by atoms with van der Waals surface area (Å²) in [6.07, 6.45) is 34.0. The Hall–Kier alpha value is -9.38. The van der Waals surface area contributed by atoms with Crippen molar-refractivity contribution in [2.75, 3.05) is 6.54 Å². The average Bonchev–Trinajstić information content (AvgIpc) is 1.80. The molecule has 7 aromatic heterocycles. The number of aromatic amines is 1. The smallest absolute Gasteiger partial charge is 0.133 e. The van der Waals surface area contributed by atoms with Crippen molar-refractivity contribution in [3.63, 3.8) is 0 Å². The number of aliphatic imine (C=N–C) groups is 4. The van der Waals surface area contributed by atoms with Gasteiger partial charge in [-0.2, -0.15) is 20.4 Å². The fourth-order valence-electron chi connectivity index (χ4n) is 9.31. The van der Waals surface area contributed by atoms with Crippen molar-refractivity contribution in [2.45, 2.75) is 312 Å². The van der Waals surface area contributed by atoms with Crippen molar-refractivity contribution in [3.8, 4) is 0 Å². The van der Waals surface area contributed by atoms with Gasteiger partial charge in [0.1, 0.15) is 24.3 Å². The van der Waals surface area contributed by atoms with E-state index in [0.717, 1.165) is 60.2 Å². The molecule has 4 aliphatic heterocycles. The summed E-state index contributed by atoms with van der Waals surface area (Å²) in [7, 11) is 0. The Labute approximate surface area is 698 Å². The highest BCUT2D eigenvalue weighted by Crippen LogP contribution is 2.30. The van der Waals surface area contributed by atoms with Crippen molar-refractivity contribution < 1.29 is 0 Å². The number of hydrogen-bond donors (Lipinski definition) is 1. The lowest BCUT2D eigenvalue weighted by Gasteiger charge is -2.18. The van der Waals surface area contributed by atoms with Gasteiger partial charge in [-0.05, 0) is 87.5 Å². The topological polar surface area (TPSA) is 219 Å². The molecule has 1 aromatic carbocycles. The Morgan fingerprint density at radius 1 is 0.330 bits per heavy atom. The highest BCUT2D eigenvalue weighted by molar-refractivity contribution is 6.01. The van der Waals surface area contributed by atoms with Crippen LogP contribution in [0, 0.1) is 21.7 Å². The highest BCUT2D eigenvalue weighted by atomic mass is 15.2. The Morgan fingerprint density at radius 3 is 1.07 bits per heavy atom. The number of aromatic nitrogens is 11. The zero-order valence-electron chi connectivity index (χ0n) is 78.1. The van der Waals surface area contributed by atoms with Gasteiger partial charge < -0.3 is 4.98 Å². The number of benzene rings is 1. The molecule has 0 radical (unpaired) electrons. The third kappa shape index (κ3) is 46.7. The van der Waals surface area contributed by atoms with Crippen LogP contribution in [0.2, 0.25) is 0 Å². The Kier molecular flexibility index (Phi) is 42.9. The van der Waals surface area contributed by atoms with Gasteiger partial charge in [-0.1, -0.05) is 304 Å². The third-order valence-electron chi connectivity index (χ3n) is 17.1. The van der Waals surface area contributed by atoms with Crippen molar-refractivity contribution in [1.29, 1.82) is 0 Å². The van der Waals surface area contributed by atoms with Crippen LogP contribution >= 0.6 is 0 Å². The molecule has 115 heavy (non-hydrogen) atoms. The first-order valence-corrected chi connectivity index (χ1v) is 40.5. The first-order valence-electron chi connectivity index (χ1n) is 40.5. The SMILES string of the molecule is CC(C)(C)C1=CN=CC1.CC(C)(C)C1=NC=CC1.CC(C)(C)C1=NC=NC1.CC(C)(C)C1=NN=CC1.CC(C)(C)c1ccccc1.CC(C)(C)c1ccccn1.CC(C)(C)c1ccccn1.CC(C)(C)c1cccnc1.CC(C)(C)c1cccnn1.CC(C)(C)c1ccncn1.CC(C)(C)c1ncc[nH]1.CC(C)(C)c1ncccn1. The molecule has 0 fully saturated rings. The molecule has 11 heterocycles. The maximum Gasteiger partial charge on any atom is 0.133 e. The van der Waals surface area contributed by atoms with Crippen molar-refractivity contribution in [3.05, 3.63) is 241 Å². The molecule has 0 aliphatic carbocycles. The third-order valence-corrected chi connectivity index (χ3v) is 17.1. The van der Waals surface area contributed by atoms with Crippen LogP contribution in [0.4, 0.5) is 0 Å². The van der Waals surface area contributed by atoms with Crippen LogP contribution < -0.4 is 0 Å². The van der Waals surface area contributed by atoms with Crippen LogP contribution in [0.1, 0.15) is 314 Å². The molecule has 628 valence electrons. The van der Waals surface area contributed by atoms with E-state index in [1.807, 2.05) is 104 Å². The molecule has 0 bridgehead atoms. The average molecular weight is 1570 g/mol. The van der Waals surface area contributed by atoms with Gasteiger partial charge in [0, 0.05) is 183 Å². The van der Waals surface area contributed by atoms with Crippen LogP contribution in [0.15, 0.2) is 226 Å². The standard InChI is InChI=1S/C10H14.3C9H13N.3C8H12N2.2C8H13N.3C7H12N2/c1-10(2,3)9-7-5-4-6-8-9;1-9(2,3)8-5-4-6-10-7-8;2*1-9(2,3)8-6-4-5-7-10-8;1-8(2,3)7-4-5-9-6-10-7;1-8(2,3)7-9-5-4-6-10-7;1-8(2,3)7-5-4-6-9-10-7;1-8(2,3)7-4-5-9-6-7;1-8(2,3)7-5-4-6-9-7;1-7(2,3)6-4-8-5-9-6;1-7(2,3)6-8-4-5-9-6;1-7(2,3)6-4-5-8-9-6/h4-8H,1-3H3;3*4-7H,1-3H3;3*4-6H,1-3H3;5-6H,4H2,1-3H3;4,6H,5H2,1-3H3;5H,4H2,1-3H3;4-5H,1-3H3,(H,8,9);5H,4H2,1-3H3. The lowest BCUT2D eigenvalue weighted by Crippen LogP contribution is -2.20. The van der Waals surface area contributed by atoms with E-state index in [4.69, 9.17) is 0 Å². The molecule has 8 aromatic rings. The number of allylic oxidation sites excluding steroid dienone is 2. The van der Waals surface area contributed by atoms with Gasteiger partial charge >= 0.3 is 0 Å². The van der Waals surface area contributed by atoms with Crippen LogP contribution in [0.3, 0.4) is 0 Å². The first-order chi connectivity index (χ1) is 52.8. The van der Waals surface area contributed by atoms with Gasteiger partial charge in [0.25, 0.3) is 0 Å². The fraction of sp³-hybridized carbons (Fsp3) is 0.531. The molecule has 17 heteroatoms. The number of hydrogen-bond acceptors (Lipinski definition) is 16. The summed E-state index contributed by atoms with van der Waals surface area (Å²) < 4.78 is 0. The van der Waals surface area contributed by atoms with Crippen LogP contribution in [-0.4, -0.2) is 97.5 Å². The zero-order valence-corrected chi connectivity index (χ0v) is 78.1. The molecule has 1 N–H and O–H groups in total. The van der Waals surface area contributed by atoms with Gasteiger partial charge in [0.15, 0.2) is 0 Å². The number of nitrogens with zero attached hydrogens (tertiary/aromatic N) is 16. The summed E-state index contributed by atoms with van der Waals surface area (Å²) in [6.45, 7) is 78.6. The summed E-state index contributed by atoms with van der Waals surface area (Å²) in [5.74, 6) is 1.94. The van der Waals surface area contributed by atoms with Gasteiger partial charge in [-0.25, -0.2) is 29.9 Å². The van der Waals surface area contributed by atoms with Crippen molar-refractivity contribution >= 4 is 35.9 Å². The molecular weight excluding hydrogens is 1420 g/mol. The molecule has 12 rings (SSSR count). The lowest BCUT2D eigenvalue weighted by atomic mass is 9.86. The van der Waals surface area contributed by atoms with E-state index in [-0.39, 0.29) is 54.1 Å². The predicted octanol–water partition coefficient (Wildman–Crippen LogP) is 25.3. The summed E-state index contributed by atoms with van der Waals surface area (Å²) in [5.41, 5.74) is 14.6. The quantitative estimate of drug-likeness (QED) is 0.151. The van der Waals surface area contributed by atoms with E-state index < -0.39 is 0 Å². The molecule has 0 unspecified atom stereocenters. The Bertz CT molecular complexity index is 3510. The second-order valence-electron chi connectivity index (χ2n) is 40.7. The Morgan fingerprint density at radius 2 is 0.826 bits per heavy atom. The number of imidazole rings is 1. The summed E-state index contributed by atoms with van der Waals surface area (Å²) in [6, 6.07) is 34.3. The molecule has 0 atom stereocenters. The second-order valence-corrected chi connectivity index (χ2v) is 40.7. The minimum Gasteiger partial charge on any atom is -0.348 e. The molecular formula is C98H151N17. The van der Waals surface area contributed by atoms with E-state index in [1.165, 1.54) is 33.8 Å². The largest absolute Gasteiger partial charge is 0.348 e. The maximum absolute atomic E-state index is 4.25. The molecule has 0 saturated heterocycles. The zero-order chi connectivity index (χ0) is 87.8. The fourth-order valence-corrected chi connectivity index (χ4v) is 9.31. The number of nitrogens with one attached hydrogen (secondary N) is 1. The second kappa shape index (κ2) is 47.6. The monoisotopic (exact) mass is 1570 g/mol. The lowest BCUT2D eigenvalue weighted by molar-refractivity contribution is 0.499. The number of H-pyrrole nitrogens is 1. The number of rotatable bonds is 0. The van der Waals surface area contributed by atoms with E-state index in [1.54, 1.807) is 49.8 Å². The van der Waals surface area contributed by atoms with Gasteiger partial charge in [0.05, 0.1) is 18.0 Å². The minimum atomic E-state index is 0.0707. The number of pyridine rings is 3. The first kappa shape index (κ1) is 104. The minimum absolute atomic E-state index is 0.0707. The van der Waals surface area contributed by atoms with E-state index in [9.17, 15) is 0 Å². The van der Waals surface area contributed by atoms with Crippen LogP contribution in [-0.2, 0) is 43.3 Å².